The highest BCUT2D eigenvalue weighted by Crippen LogP contribution is 2.71. The number of benzene rings is 1. The van der Waals surface area contributed by atoms with Crippen molar-refractivity contribution in [3.05, 3.63) is 102 Å². The predicted octanol–water partition coefficient (Wildman–Crippen LogP) is 3.22. The summed E-state index contributed by atoms with van der Waals surface area (Å²) >= 11 is 0. The van der Waals surface area contributed by atoms with Gasteiger partial charge in [-0.3, -0.25) is 4.98 Å². The fourth-order valence-electron chi connectivity index (χ4n) is 6.87. The van der Waals surface area contributed by atoms with E-state index >= 15 is 0 Å². The van der Waals surface area contributed by atoms with Crippen molar-refractivity contribution in [1.82, 2.24) is 9.97 Å². The van der Waals surface area contributed by atoms with Crippen molar-refractivity contribution in [1.29, 1.82) is 5.26 Å². The number of pyridine rings is 2. The molecule has 0 saturated heterocycles. The number of aliphatic hydroxyl groups excluding tert-OH is 1. The zero-order valence-electron chi connectivity index (χ0n) is 21.8. The maximum Gasteiger partial charge on any atom is 0.201 e. The topological polar surface area (TPSA) is 143 Å². The Morgan fingerprint density at radius 2 is 1.90 bits per heavy atom. The van der Waals surface area contributed by atoms with Crippen LogP contribution in [-0.4, -0.2) is 52.7 Å². The van der Waals surface area contributed by atoms with Gasteiger partial charge in [-0.15, -0.1) is 0 Å². The average Bonchev–Trinajstić information content (AvgIpc) is 3.38. The monoisotopic (exact) mass is 557 g/mol. The Morgan fingerprint density at radius 1 is 1.15 bits per heavy atom. The molecule has 6 atom stereocenters. The van der Waals surface area contributed by atoms with Gasteiger partial charge in [0.1, 0.15) is 22.9 Å². The molecule has 6 rings (SSSR count). The van der Waals surface area contributed by atoms with Gasteiger partial charge in [0.25, 0.3) is 0 Å². The van der Waals surface area contributed by atoms with E-state index in [1.807, 2.05) is 6.92 Å². The number of rotatable bonds is 5. The van der Waals surface area contributed by atoms with Gasteiger partial charge < -0.3 is 19.7 Å². The van der Waals surface area contributed by atoms with Crippen LogP contribution in [0.25, 0.3) is 0 Å². The molecule has 3 aliphatic rings. The molecule has 10 heteroatoms. The summed E-state index contributed by atoms with van der Waals surface area (Å²) in [7, 11) is -2.95. The molecule has 1 aromatic carbocycles. The summed E-state index contributed by atoms with van der Waals surface area (Å²) in [6.45, 7) is 1.84. The molecule has 0 bridgehead atoms. The van der Waals surface area contributed by atoms with Crippen LogP contribution in [-0.2, 0) is 15.4 Å². The van der Waals surface area contributed by atoms with Crippen LogP contribution in [0.15, 0.2) is 95.9 Å². The average molecular weight is 558 g/mol. The van der Waals surface area contributed by atoms with E-state index in [9.17, 15) is 23.9 Å². The molecule has 1 unspecified atom stereocenters. The lowest BCUT2D eigenvalue weighted by Crippen LogP contribution is -2.63. The second-order valence-electron chi connectivity index (χ2n) is 10.6. The fourth-order valence-corrected chi connectivity index (χ4v) is 8.87. The second-order valence-corrected chi connectivity index (χ2v) is 12.6. The highest BCUT2D eigenvalue weighted by Gasteiger charge is 2.82. The van der Waals surface area contributed by atoms with Gasteiger partial charge in [0.2, 0.25) is 9.84 Å². The Kier molecular flexibility index (Phi) is 5.89. The minimum absolute atomic E-state index is 0.127. The van der Waals surface area contributed by atoms with Crippen molar-refractivity contribution in [2.75, 3.05) is 7.11 Å². The Hall–Kier alpha value is -4.04. The second kappa shape index (κ2) is 8.99. The number of nitrogens with zero attached hydrogens (tertiary/aromatic N) is 3. The third kappa shape index (κ3) is 3.22. The largest absolute Gasteiger partial charge is 0.495 e. The molecule has 2 aliphatic carbocycles. The van der Waals surface area contributed by atoms with Crippen LogP contribution in [0, 0.1) is 16.7 Å². The van der Waals surface area contributed by atoms with Crippen molar-refractivity contribution in [2.45, 2.75) is 46.8 Å². The van der Waals surface area contributed by atoms with E-state index in [2.05, 4.69) is 16.0 Å². The Bertz CT molecular complexity index is 1690. The Morgan fingerprint density at radius 3 is 2.52 bits per heavy atom. The van der Waals surface area contributed by atoms with Crippen LogP contribution in [0.5, 0.6) is 11.5 Å². The smallest absolute Gasteiger partial charge is 0.201 e. The summed E-state index contributed by atoms with van der Waals surface area (Å²) in [5.74, 6) is -0.759. The van der Waals surface area contributed by atoms with Gasteiger partial charge in [0, 0.05) is 23.1 Å². The number of fused-ring (bicyclic) bond motifs is 3. The molecule has 1 fully saturated rings. The minimum Gasteiger partial charge on any atom is -0.495 e. The van der Waals surface area contributed by atoms with Gasteiger partial charge in [0.05, 0.1) is 31.1 Å². The summed E-state index contributed by atoms with van der Waals surface area (Å²) < 4.78 is 41.1. The Balaban J connectivity index is 1.72. The number of hydrogen-bond donors (Lipinski definition) is 2. The minimum atomic E-state index is -4.36. The summed E-state index contributed by atoms with van der Waals surface area (Å²) in [4.78, 5) is 8.31. The number of methoxy groups -OCH3 is 1. The molecule has 1 saturated carbocycles. The highest BCUT2D eigenvalue weighted by atomic mass is 32.2. The number of aliphatic hydroxyl groups is 2. The van der Waals surface area contributed by atoms with Crippen LogP contribution in [0.1, 0.15) is 30.4 Å². The number of aromatic nitrogens is 2. The molecule has 0 amide bonds. The first-order chi connectivity index (χ1) is 19.2. The molecule has 0 radical (unpaired) electrons. The zero-order valence-corrected chi connectivity index (χ0v) is 22.6. The molecular formula is C30H27N3O6S. The number of hydrogen-bond acceptors (Lipinski definition) is 9. The molecule has 40 heavy (non-hydrogen) atoms. The normalized spacial score (nSPS) is 32.4. The predicted molar refractivity (Wildman–Crippen MR) is 144 cm³/mol. The molecule has 1 aliphatic heterocycles. The summed E-state index contributed by atoms with van der Waals surface area (Å²) in [5, 5.41) is 32.9. The first-order valence-corrected chi connectivity index (χ1v) is 14.3. The maximum atomic E-state index is 14.4. The summed E-state index contributed by atoms with van der Waals surface area (Å²) in [5.41, 5.74) is -4.06. The van der Waals surface area contributed by atoms with Crippen LogP contribution in [0.2, 0.25) is 0 Å². The molecule has 9 nitrogen and oxygen atoms in total. The standard InChI is InChI=1S/C30H27N3O6S/c1-28(13-11-19(16-31)12-14-28)30-24(20-8-4-3-5-9-20)26(40(36,37)23-10-6-7-15-33-23)27(34)29(30,35)25-21(38-2)17-32-18-22(25)39-30/h3-13,15,17-18,24,26-27,34-35H,14H2,1-2H3/t24-,26-,27-,28?,29+,30-/m1/s1. The maximum absolute atomic E-state index is 14.4. The molecule has 3 heterocycles. The number of nitriles is 1. The molecule has 2 aromatic heterocycles. The van der Waals surface area contributed by atoms with Gasteiger partial charge >= 0.3 is 0 Å². The van der Waals surface area contributed by atoms with Gasteiger partial charge in [-0.05, 0) is 30.2 Å². The highest BCUT2D eigenvalue weighted by molar-refractivity contribution is 7.92. The van der Waals surface area contributed by atoms with Crippen molar-refractivity contribution in [3.8, 4) is 17.6 Å². The zero-order chi connectivity index (χ0) is 28.3. The van der Waals surface area contributed by atoms with Gasteiger partial charge in [-0.1, -0.05) is 55.5 Å². The van der Waals surface area contributed by atoms with E-state index in [1.54, 1.807) is 60.7 Å². The van der Waals surface area contributed by atoms with E-state index in [4.69, 9.17) is 9.47 Å². The molecule has 3 aromatic rings. The van der Waals surface area contributed by atoms with E-state index < -0.39 is 43.7 Å². The fraction of sp³-hybridized carbons (Fsp3) is 0.300. The lowest BCUT2D eigenvalue weighted by atomic mass is 9.58. The van der Waals surface area contributed by atoms with E-state index in [0.717, 1.165) is 0 Å². The van der Waals surface area contributed by atoms with Gasteiger partial charge in [0.15, 0.2) is 16.2 Å². The van der Waals surface area contributed by atoms with Crippen LogP contribution in [0.4, 0.5) is 0 Å². The van der Waals surface area contributed by atoms with Crippen LogP contribution < -0.4 is 9.47 Å². The third-order valence-corrected chi connectivity index (χ3v) is 10.7. The molecule has 0 spiro atoms. The Labute approximate surface area is 232 Å². The van der Waals surface area contributed by atoms with E-state index in [-0.39, 0.29) is 28.5 Å². The van der Waals surface area contributed by atoms with Crippen molar-refractivity contribution >= 4 is 9.84 Å². The third-order valence-electron chi connectivity index (χ3n) is 8.62. The van der Waals surface area contributed by atoms with E-state index in [1.165, 1.54) is 31.8 Å². The number of ether oxygens (including phenoxy) is 2. The number of sulfone groups is 1. The number of allylic oxidation sites excluding steroid dienone is 3. The van der Waals surface area contributed by atoms with Crippen LogP contribution in [0.3, 0.4) is 0 Å². The van der Waals surface area contributed by atoms with E-state index in [0.29, 0.717) is 11.1 Å². The summed E-state index contributed by atoms with van der Waals surface area (Å²) in [6.07, 6.45) is 7.69. The summed E-state index contributed by atoms with van der Waals surface area (Å²) in [6, 6.07) is 15.5. The first-order valence-electron chi connectivity index (χ1n) is 12.8. The van der Waals surface area contributed by atoms with Gasteiger partial charge in [-0.2, -0.15) is 5.26 Å². The lowest BCUT2D eigenvalue weighted by Gasteiger charge is -2.51. The molecule has 204 valence electrons. The van der Waals surface area contributed by atoms with Crippen molar-refractivity contribution < 1.29 is 28.1 Å². The molecular weight excluding hydrogens is 530 g/mol. The van der Waals surface area contributed by atoms with Crippen molar-refractivity contribution in [2.24, 2.45) is 5.41 Å². The van der Waals surface area contributed by atoms with Crippen molar-refractivity contribution in [3.63, 3.8) is 0 Å². The SMILES string of the molecule is COc1cncc2c1[C@]1(O)[C@H](O)[C@H](S(=O)(=O)c3ccccn3)[C@@H](c3ccccc3)[C@]1(C1(C)C=CC(C#N)=CC1)O2. The lowest BCUT2D eigenvalue weighted by molar-refractivity contribution is -0.184. The van der Waals surface area contributed by atoms with Gasteiger partial charge in [-0.25, -0.2) is 13.4 Å². The quantitative estimate of drug-likeness (QED) is 0.483. The van der Waals surface area contributed by atoms with Crippen LogP contribution >= 0.6 is 0 Å². The first kappa shape index (κ1) is 26.2. The molecule has 2 N–H and O–H groups in total.